The molecule has 1 rings (SSSR count). The molecule has 9 heteroatoms. The third kappa shape index (κ3) is 3.80. The molecule has 15 heavy (non-hydrogen) atoms. The number of aromatic hydroxyl groups is 1. The van der Waals surface area contributed by atoms with Crippen LogP contribution in [-0.2, 0) is 0 Å². The average Bonchev–Trinajstić information content (AvgIpc) is 2.04. The van der Waals surface area contributed by atoms with Gasteiger partial charge < -0.3 is 10.6 Å². The van der Waals surface area contributed by atoms with E-state index < -0.39 is 27.0 Å². The van der Waals surface area contributed by atoms with Crippen LogP contribution in [0.15, 0.2) is 18.2 Å². The number of hydrogen-bond donors (Lipinski definition) is 1. The fraction of sp³-hybridized carbons (Fsp3) is 0. The number of phenolic OH excluding ortho intramolecular Hbond substituents is 1. The molecule has 1 aromatic rings. The Hall–Kier alpha value is -1.22. The molecule has 0 spiro atoms. The predicted molar refractivity (Wildman–Crippen MR) is 43.4 cm³/mol. The largest absolute Gasteiger partial charge is 1.00 e. The van der Waals surface area contributed by atoms with E-state index in [0.29, 0.717) is 6.07 Å². The van der Waals surface area contributed by atoms with Gasteiger partial charge in [-0.25, -0.2) is 0 Å². The van der Waals surface area contributed by atoms with Crippen LogP contribution >= 0.6 is 0 Å². The number of benzene rings is 1. The van der Waals surface area contributed by atoms with Gasteiger partial charge in [0.2, 0.25) is 0 Å². The second-order valence-corrected chi connectivity index (χ2v) is 2.19. The Morgan fingerprint density at radius 2 is 1.67 bits per heavy atom. The summed E-state index contributed by atoms with van der Waals surface area (Å²) >= 11 is 0. The summed E-state index contributed by atoms with van der Waals surface area (Å²) in [5.41, 5.74) is -1.10. The summed E-state index contributed by atoms with van der Waals surface area (Å²) in [5.74, 6) is -0.587. The Morgan fingerprint density at radius 3 is 2.07 bits per heavy atom. The van der Waals surface area contributed by atoms with Crippen LogP contribution in [0.3, 0.4) is 0 Å². The van der Waals surface area contributed by atoms with Gasteiger partial charge in [-0.2, -0.15) is 0 Å². The molecule has 0 aliphatic carbocycles. The fourth-order valence-electron chi connectivity index (χ4n) is 0.772. The van der Waals surface area contributed by atoms with Gasteiger partial charge in [0.15, 0.2) is 5.75 Å². The first-order valence-corrected chi connectivity index (χ1v) is 3.14. The molecule has 0 atom stereocenters. The van der Waals surface area contributed by atoms with E-state index >= 15 is 0 Å². The first kappa shape index (κ1) is 16.2. The summed E-state index contributed by atoms with van der Waals surface area (Å²) in [6.45, 7) is 0. The van der Waals surface area contributed by atoms with Gasteiger partial charge in [0, 0.05) is 6.07 Å². The second kappa shape index (κ2) is 6.30. The Labute approximate surface area is 105 Å². The van der Waals surface area contributed by atoms with Crippen molar-refractivity contribution in [2.45, 2.75) is 0 Å². The van der Waals surface area contributed by atoms with Crippen molar-refractivity contribution < 1.29 is 50.0 Å². The molecule has 2 N–H and O–H groups in total. The molecule has 0 aromatic heterocycles. The van der Waals surface area contributed by atoms with E-state index in [1.165, 1.54) is 0 Å². The number of hydrogen-bond acceptors (Lipinski definition) is 6. The Balaban J connectivity index is 0. The van der Waals surface area contributed by atoms with Crippen LogP contribution in [0, 0.1) is 20.2 Å². The average molecular weight is 224 g/mol. The van der Waals surface area contributed by atoms with Gasteiger partial charge in [0.25, 0.3) is 5.69 Å². The molecule has 0 radical (unpaired) electrons. The van der Waals surface area contributed by atoms with Crippen LogP contribution in [0.25, 0.3) is 0 Å². The van der Waals surface area contributed by atoms with Crippen molar-refractivity contribution in [3.8, 4) is 5.75 Å². The first-order valence-electron chi connectivity index (χ1n) is 3.14. The normalized spacial score (nSPS) is 8.27. The van der Waals surface area contributed by atoms with Crippen LogP contribution in [0.4, 0.5) is 11.4 Å². The smallest absolute Gasteiger partial charge is 0.870 e. The van der Waals surface area contributed by atoms with E-state index in [1.54, 1.807) is 0 Å². The van der Waals surface area contributed by atoms with Gasteiger partial charge in [-0.3, -0.25) is 20.2 Å². The molecular formula is C6H5N2NaO6. The van der Waals surface area contributed by atoms with Crippen LogP contribution in [0.5, 0.6) is 5.75 Å². The van der Waals surface area contributed by atoms with Crippen molar-refractivity contribution in [3.63, 3.8) is 0 Å². The number of nitro benzene ring substituents is 2. The van der Waals surface area contributed by atoms with E-state index in [-0.39, 0.29) is 35.0 Å². The van der Waals surface area contributed by atoms with E-state index in [1.807, 2.05) is 0 Å². The quantitative estimate of drug-likeness (QED) is 0.351. The van der Waals surface area contributed by atoms with E-state index in [0.717, 1.165) is 12.1 Å². The predicted octanol–water partition coefficient (Wildman–Crippen LogP) is -1.96. The minimum Gasteiger partial charge on any atom is -0.870 e. The third-order valence-corrected chi connectivity index (χ3v) is 1.37. The molecule has 0 heterocycles. The molecule has 0 bridgehead atoms. The number of nitrogens with zero attached hydrogens (tertiary/aromatic N) is 2. The van der Waals surface area contributed by atoms with Crippen molar-refractivity contribution in [1.29, 1.82) is 0 Å². The molecule has 0 amide bonds. The Bertz CT molecular complexity index is 382. The van der Waals surface area contributed by atoms with Crippen molar-refractivity contribution in [2.24, 2.45) is 0 Å². The minimum atomic E-state index is -0.887. The topological polar surface area (TPSA) is 137 Å². The molecule has 0 unspecified atom stereocenters. The zero-order valence-corrected chi connectivity index (χ0v) is 9.65. The van der Waals surface area contributed by atoms with Gasteiger partial charge >= 0.3 is 35.2 Å². The summed E-state index contributed by atoms with van der Waals surface area (Å²) in [7, 11) is 0. The van der Waals surface area contributed by atoms with Gasteiger partial charge in [-0.1, -0.05) is 0 Å². The van der Waals surface area contributed by atoms with Crippen molar-refractivity contribution >= 4 is 11.4 Å². The molecule has 0 fully saturated rings. The van der Waals surface area contributed by atoms with Crippen molar-refractivity contribution in [1.82, 2.24) is 0 Å². The van der Waals surface area contributed by atoms with E-state index in [9.17, 15) is 20.2 Å². The summed E-state index contributed by atoms with van der Waals surface area (Å²) < 4.78 is 0. The van der Waals surface area contributed by atoms with Gasteiger partial charge in [-0.05, 0) is 6.07 Å². The van der Waals surface area contributed by atoms with Crippen LogP contribution in [-0.4, -0.2) is 20.4 Å². The van der Waals surface area contributed by atoms with Gasteiger partial charge in [-0.15, -0.1) is 0 Å². The SMILES string of the molecule is O=[N+]([O-])c1ccc(O)c([N+](=O)[O-])c1.[Na+].[OH-]. The first-order chi connectivity index (χ1) is 6.02. The van der Waals surface area contributed by atoms with Crippen LogP contribution < -0.4 is 29.6 Å². The summed E-state index contributed by atoms with van der Waals surface area (Å²) in [6, 6.07) is 2.61. The molecule has 0 aliphatic heterocycles. The summed E-state index contributed by atoms with van der Waals surface area (Å²) in [4.78, 5) is 18.7. The summed E-state index contributed by atoms with van der Waals surface area (Å²) in [5, 5.41) is 29.3. The third-order valence-electron chi connectivity index (χ3n) is 1.37. The molecule has 0 aliphatic rings. The maximum Gasteiger partial charge on any atom is 1.00 e. The van der Waals surface area contributed by atoms with E-state index in [4.69, 9.17) is 5.11 Å². The number of nitro groups is 2. The monoisotopic (exact) mass is 224 g/mol. The number of phenols is 1. The molecule has 1 aromatic carbocycles. The standard InChI is InChI=1S/C6H4N2O5.Na.H2O/c9-6-2-1-4(7(10)11)3-5(6)8(12)13;;/h1-3,9H;;1H2/q;+1;/p-1. The molecule has 0 saturated heterocycles. The zero-order valence-electron chi connectivity index (χ0n) is 7.65. The molecule has 0 saturated carbocycles. The summed E-state index contributed by atoms with van der Waals surface area (Å²) in [6.07, 6.45) is 0. The molecule has 76 valence electrons. The number of rotatable bonds is 2. The second-order valence-electron chi connectivity index (χ2n) is 2.19. The number of non-ortho nitro benzene ring substituents is 1. The molecular weight excluding hydrogens is 219 g/mol. The van der Waals surface area contributed by atoms with Crippen molar-refractivity contribution in [2.75, 3.05) is 0 Å². The van der Waals surface area contributed by atoms with E-state index in [2.05, 4.69) is 0 Å². The maximum atomic E-state index is 10.2. The zero-order chi connectivity index (χ0) is 10.0. The van der Waals surface area contributed by atoms with Gasteiger partial charge in [0.1, 0.15) is 0 Å². The maximum absolute atomic E-state index is 10.2. The van der Waals surface area contributed by atoms with Crippen LogP contribution in [0.1, 0.15) is 0 Å². The fourth-order valence-corrected chi connectivity index (χ4v) is 0.772. The Kier molecular flexibility index (Phi) is 6.81. The van der Waals surface area contributed by atoms with Gasteiger partial charge in [0.05, 0.1) is 15.9 Å². The molecule has 8 nitrogen and oxygen atoms in total. The van der Waals surface area contributed by atoms with Crippen LogP contribution in [0.2, 0.25) is 0 Å². The van der Waals surface area contributed by atoms with Crippen molar-refractivity contribution in [3.05, 3.63) is 38.4 Å². The minimum absolute atomic E-state index is 0. The Morgan fingerprint density at radius 1 is 1.13 bits per heavy atom.